The van der Waals surface area contributed by atoms with E-state index in [1.807, 2.05) is 6.08 Å². The lowest BCUT2D eigenvalue weighted by Gasteiger charge is -1.87. The van der Waals surface area contributed by atoms with E-state index in [1.165, 1.54) is 12.8 Å². The van der Waals surface area contributed by atoms with Gasteiger partial charge in [0.05, 0.1) is 0 Å². The van der Waals surface area contributed by atoms with E-state index >= 15 is 0 Å². The molecule has 0 aromatic rings. The van der Waals surface area contributed by atoms with E-state index in [0.717, 1.165) is 6.42 Å². The van der Waals surface area contributed by atoms with Crippen molar-refractivity contribution in [3.05, 3.63) is 24.5 Å². The van der Waals surface area contributed by atoms with Crippen molar-refractivity contribution in [3.8, 4) is 0 Å². The van der Waals surface area contributed by atoms with Crippen LogP contribution >= 0.6 is 0 Å². The zero-order valence-electron chi connectivity index (χ0n) is 5.93. The second kappa shape index (κ2) is 5.42. The standard InChI is InChI=1S/C8H14O/c1-3-4-5-6-7-8(2)9/h6-7,9H,2-5H2,1H3. The minimum atomic E-state index is 0.145. The highest BCUT2D eigenvalue weighted by Crippen LogP contribution is 1.96. The molecule has 0 rings (SSSR count). The first kappa shape index (κ1) is 8.28. The average Bonchev–Trinajstić information content (AvgIpc) is 1.80. The van der Waals surface area contributed by atoms with Gasteiger partial charge in [-0.15, -0.1) is 0 Å². The summed E-state index contributed by atoms with van der Waals surface area (Å²) < 4.78 is 0. The molecular formula is C8H14O. The summed E-state index contributed by atoms with van der Waals surface area (Å²) in [4.78, 5) is 0. The van der Waals surface area contributed by atoms with E-state index in [9.17, 15) is 0 Å². The minimum Gasteiger partial charge on any atom is -0.509 e. The summed E-state index contributed by atoms with van der Waals surface area (Å²) in [7, 11) is 0. The molecule has 0 aliphatic heterocycles. The molecule has 0 radical (unpaired) electrons. The molecule has 1 N–H and O–H groups in total. The normalized spacial score (nSPS) is 10.3. The number of allylic oxidation sites excluding steroid dienone is 2. The summed E-state index contributed by atoms with van der Waals surface area (Å²) in [5.74, 6) is 0.145. The Balaban J connectivity index is 3.15. The molecule has 0 fully saturated rings. The molecule has 0 aliphatic carbocycles. The van der Waals surface area contributed by atoms with Gasteiger partial charge in [0.2, 0.25) is 0 Å². The van der Waals surface area contributed by atoms with Crippen LogP contribution in [0.3, 0.4) is 0 Å². The quantitative estimate of drug-likeness (QED) is 0.349. The molecule has 0 atom stereocenters. The summed E-state index contributed by atoms with van der Waals surface area (Å²) in [6.07, 6.45) is 6.99. The molecule has 0 saturated carbocycles. The second-order valence-corrected chi connectivity index (χ2v) is 2.04. The van der Waals surface area contributed by atoms with Gasteiger partial charge in [0, 0.05) is 0 Å². The van der Waals surface area contributed by atoms with Crippen molar-refractivity contribution < 1.29 is 5.11 Å². The van der Waals surface area contributed by atoms with E-state index in [-0.39, 0.29) is 5.76 Å². The van der Waals surface area contributed by atoms with Crippen molar-refractivity contribution in [2.24, 2.45) is 0 Å². The van der Waals surface area contributed by atoms with Crippen molar-refractivity contribution in [2.75, 3.05) is 0 Å². The molecule has 0 aromatic carbocycles. The maximum Gasteiger partial charge on any atom is 0.108 e. The first-order chi connectivity index (χ1) is 4.27. The van der Waals surface area contributed by atoms with E-state index in [4.69, 9.17) is 5.11 Å². The Hall–Kier alpha value is -0.720. The Morgan fingerprint density at radius 2 is 2.33 bits per heavy atom. The Kier molecular flexibility index (Phi) is 4.98. The van der Waals surface area contributed by atoms with Crippen molar-refractivity contribution in [2.45, 2.75) is 26.2 Å². The Labute approximate surface area is 56.7 Å². The van der Waals surface area contributed by atoms with Crippen molar-refractivity contribution in [1.29, 1.82) is 0 Å². The molecule has 0 aliphatic rings. The third-order valence-electron chi connectivity index (χ3n) is 1.03. The van der Waals surface area contributed by atoms with Gasteiger partial charge in [0.25, 0.3) is 0 Å². The Morgan fingerprint density at radius 3 is 2.78 bits per heavy atom. The number of hydrogen-bond donors (Lipinski definition) is 1. The average molecular weight is 126 g/mol. The molecule has 52 valence electrons. The van der Waals surface area contributed by atoms with Crippen molar-refractivity contribution in [1.82, 2.24) is 0 Å². The highest BCUT2D eigenvalue weighted by Gasteiger charge is 1.78. The molecule has 0 saturated heterocycles. The largest absolute Gasteiger partial charge is 0.509 e. The molecule has 0 spiro atoms. The van der Waals surface area contributed by atoms with Gasteiger partial charge in [-0.3, -0.25) is 0 Å². The zero-order valence-corrected chi connectivity index (χ0v) is 5.93. The number of unbranched alkanes of at least 4 members (excludes halogenated alkanes) is 2. The van der Waals surface area contributed by atoms with Crippen LogP contribution in [0.2, 0.25) is 0 Å². The SMILES string of the molecule is C=C(O)C=CCCCC. The topological polar surface area (TPSA) is 20.2 Å². The minimum absolute atomic E-state index is 0.145. The predicted molar refractivity (Wildman–Crippen MR) is 40.4 cm³/mol. The van der Waals surface area contributed by atoms with Crippen LogP contribution in [0, 0.1) is 0 Å². The van der Waals surface area contributed by atoms with Crippen molar-refractivity contribution in [3.63, 3.8) is 0 Å². The van der Waals surface area contributed by atoms with Gasteiger partial charge < -0.3 is 5.11 Å². The lowest BCUT2D eigenvalue weighted by atomic mass is 10.2. The zero-order chi connectivity index (χ0) is 7.11. The van der Waals surface area contributed by atoms with Gasteiger partial charge in [-0.05, 0) is 12.5 Å². The maximum absolute atomic E-state index is 8.57. The fraction of sp³-hybridized carbons (Fsp3) is 0.500. The van der Waals surface area contributed by atoms with Crippen LogP contribution in [-0.2, 0) is 0 Å². The highest BCUT2D eigenvalue weighted by atomic mass is 16.3. The molecule has 9 heavy (non-hydrogen) atoms. The van der Waals surface area contributed by atoms with Gasteiger partial charge in [-0.2, -0.15) is 0 Å². The molecule has 0 heterocycles. The van der Waals surface area contributed by atoms with Crippen LogP contribution in [0.4, 0.5) is 0 Å². The van der Waals surface area contributed by atoms with E-state index in [2.05, 4.69) is 13.5 Å². The summed E-state index contributed by atoms with van der Waals surface area (Å²) in [5, 5.41) is 8.57. The molecule has 0 bridgehead atoms. The molecule has 0 amide bonds. The number of hydrogen-bond acceptors (Lipinski definition) is 1. The summed E-state index contributed by atoms with van der Waals surface area (Å²) in [6, 6.07) is 0. The molecule has 0 aromatic heterocycles. The fourth-order valence-corrected chi connectivity index (χ4v) is 0.541. The predicted octanol–water partition coefficient (Wildman–Crippen LogP) is 2.80. The molecule has 1 heteroatoms. The summed E-state index contributed by atoms with van der Waals surface area (Å²) in [5.41, 5.74) is 0. The monoisotopic (exact) mass is 126 g/mol. The number of aliphatic hydroxyl groups is 1. The van der Waals surface area contributed by atoms with Crippen molar-refractivity contribution >= 4 is 0 Å². The number of rotatable bonds is 4. The second-order valence-electron chi connectivity index (χ2n) is 2.04. The summed E-state index contributed by atoms with van der Waals surface area (Å²) in [6.45, 7) is 5.46. The van der Waals surface area contributed by atoms with Crippen LogP contribution in [0.5, 0.6) is 0 Å². The van der Waals surface area contributed by atoms with Gasteiger partial charge in [-0.1, -0.05) is 32.4 Å². The van der Waals surface area contributed by atoms with Gasteiger partial charge in [0.15, 0.2) is 0 Å². The molecular weight excluding hydrogens is 112 g/mol. The smallest absolute Gasteiger partial charge is 0.108 e. The maximum atomic E-state index is 8.57. The Bertz CT molecular complexity index is 103. The van der Waals surface area contributed by atoms with E-state index in [1.54, 1.807) is 6.08 Å². The lowest BCUT2D eigenvalue weighted by molar-refractivity contribution is 0.435. The third kappa shape index (κ3) is 7.28. The molecule has 0 unspecified atom stereocenters. The lowest BCUT2D eigenvalue weighted by Crippen LogP contribution is -1.69. The van der Waals surface area contributed by atoms with E-state index in [0.29, 0.717) is 0 Å². The number of aliphatic hydroxyl groups excluding tert-OH is 1. The van der Waals surface area contributed by atoms with Crippen LogP contribution in [0.1, 0.15) is 26.2 Å². The first-order valence-corrected chi connectivity index (χ1v) is 3.31. The van der Waals surface area contributed by atoms with Crippen LogP contribution in [-0.4, -0.2) is 5.11 Å². The fourth-order valence-electron chi connectivity index (χ4n) is 0.541. The van der Waals surface area contributed by atoms with Crippen LogP contribution in [0.15, 0.2) is 24.5 Å². The van der Waals surface area contributed by atoms with Crippen LogP contribution in [0.25, 0.3) is 0 Å². The van der Waals surface area contributed by atoms with E-state index < -0.39 is 0 Å². The molecule has 1 nitrogen and oxygen atoms in total. The third-order valence-corrected chi connectivity index (χ3v) is 1.03. The van der Waals surface area contributed by atoms with Gasteiger partial charge in [-0.25, -0.2) is 0 Å². The van der Waals surface area contributed by atoms with Gasteiger partial charge in [0.1, 0.15) is 5.76 Å². The first-order valence-electron chi connectivity index (χ1n) is 3.31. The Morgan fingerprint density at radius 1 is 1.67 bits per heavy atom. The summed E-state index contributed by atoms with van der Waals surface area (Å²) >= 11 is 0. The van der Waals surface area contributed by atoms with Crippen LogP contribution < -0.4 is 0 Å². The highest BCUT2D eigenvalue weighted by molar-refractivity contribution is 5.04. The van der Waals surface area contributed by atoms with Gasteiger partial charge >= 0.3 is 0 Å².